The molecule has 1 aliphatic rings. The summed E-state index contributed by atoms with van der Waals surface area (Å²) in [4.78, 5) is 27.7. The van der Waals surface area contributed by atoms with Crippen molar-refractivity contribution in [2.45, 2.75) is 31.8 Å². The number of carbonyl (C=O) groups excluding carboxylic acids is 1. The molecule has 2 atom stereocenters. The van der Waals surface area contributed by atoms with Gasteiger partial charge >= 0.3 is 0 Å². The summed E-state index contributed by atoms with van der Waals surface area (Å²) in [5, 5.41) is 0. The molecule has 1 aromatic rings. The number of hydrogen-bond donors (Lipinski definition) is 2. The van der Waals surface area contributed by atoms with Gasteiger partial charge < -0.3 is 15.6 Å². The Bertz CT molecular complexity index is 469. The first-order valence-electron chi connectivity index (χ1n) is 5.84. The molecule has 0 aliphatic carbocycles. The first kappa shape index (κ1) is 11.9. The van der Waals surface area contributed by atoms with Crippen LogP contribution in [0, 0.1) is 0 Å². The van der Waals surface area contributed by atoms with Crippen molar-refractivity contribution in [3.05, 3.63) is 34.2 Å². The van der Waals surface area contributed by atoms with Gasteiger partial charge in [0.05, 0.1) is 0 Å². The highest BCUT2D eigenvalue weighted by molar-refractivity contribution is 5.92. The monoisotopic (exact) mass is 235 g/mol. The van der Waals surface area contributed by atoms with Gasteiger partial charge in [-0.25, -0.2) is 0 Å². The lowest BCUT2D eigenvalue weighted by Crippen LogP contribution is -2.48. The summed E-state index contributed by atoms with van der Waals surface area (Å²) >= 11 is 0. The Morgan fingerprint density at radius 3 is 2.94 bits per heavy atom. The molecule has 1 amide bonds. The van der Waals surface area contributed by atoms with Gasteiger partial charge in [-0.3, -0.25) is 9.59 Å². The van der Waals surface area contributed by atoms with Crippen molar-refractivity contribution in [1.29, 1.82) is 0 Å². The van der Waals surface area contributed by atoms with Gasteiger partial charge in [0.25, 0.3) is 5.91 Å². The normalized spacial score (nSPS) is 24.7. The zero-order valence-electron chi connectivity index (χ0n) is 9.85. The third-order valence-electron chi connectivity index (χ3n) is 3.18. The average molecular weight is 235 g/mol. The van der Waals surface area contributed by atoms with Crippen molar-refractivity contribution in [3.63, 3.8) is 0 Å². The second-order valence-electron chi connectivity index (χ2n) is 4.56. The third kappa shape index (κ3) is 2.55. The first-order valence-corrected chi connectivity index (χ1v) is 5.84. The van der Waals surface area contributed by atoms with E-state index in [0.29, 0.717) is 12.2 Å². The fourth-order valence-corrected chi connectivity index (χ4v) is 2.24. The summed E-state index contributed by atoms with van der Waals surface area (Å²) in [6, 6.07) is 4.91. The van der Waals surface area contributed by atoms with E-state index in [9.17, 15) is 9.59 Å². The number of piperidine rings is 1. The van der Waals surface area contributed by atoms with Crippen molar-refractivity contribution in [2.75, 3.05) is 6.54 Å². The molecular formula is C12H17N3O2. The van der Waals surface area contributed by atoms with Crippen LogP contribution in [0.2, 0.25) is 0 Å². The van der Waals surface area contributed by atoms with Crippen LogP contribution in [0.3, 0.4) is 0 Å². The molecule has 1 fully saturated rings. The smallest absolute Gasteiger partial charge is 0.270 e. The molecule has 3 N–H and O–H groups in total. The van der Waals surface area contributed by atoms with Gasteiger partial charge in [-0.2, -0.15) is 0 Å². The maximum atomic E-state index is 12.2. The van der Waals surface area contributed by atoms with E-state index in [1.807, 2.05) is 6.92 Å². The summed E-state index contributed by atoms with van der Waals surface area (Å²) in [5.74, 6) is -0.123. The number of H-pyrrole nitrogens is 1. The number of nitrogens with zero attached hydrogens (tertiary/aromatic N) is 1. The van der Waals surface area contributed by atoms with E-state index < -0.39 is 0 Å². The molecule has 5 heteroatoms. The summed E-state index contributed by atoms with van der Waals surface area (Å²) < 4.78 is 0. The van der Waals surface area contributed by atoms with Crippen LogP contribution in [0.25, 0.3) is 0 Å². The van der Waals surface area contributed by atoms with Gasteiger partial charge in [0, 0.05) is 24.7 Å². The second-order valence-corrected chi connectivity index (χ2v) is 4.56. The van der Waals surface area contributed by atoms with Crippen molar-refractivity contribution >= 4 is 5.91 Å². The number of hydrogen-bond acceptors (Lipinski definition) is 3. The Labute approximate surface area is 99.6 Å². The molecule has 1 aliphatic heterocycles. The van der Waals surface area contributed by atoms with Crippen LogP contribution in [-0.4, -0.2) is 34.4 Å². The fourth-order valence-electron chi connectivity index (χ4n) is 2.24. The van der Waals surface area contributed by atoms with Crippen LogP contribution in [0.5, 0.6) is 0 Å². The van der Waals surface area contributed by atoms with E-state index in [2.05, 4.69) is 4.98 Å². The number of nitrogens with one attached hydrogen (secondary N) is 1. The van der Waals surface area contributed by atoms with Crippen molar-refractivity contribution in [1.82, 2.24) is 9.88 Å². The van der Waals surface area contributed by atoms with Crippen LogP contribution in [0.4, 0.5) is 0 Å². The van der Waals surface area contributed by atoms with Crippen LogP contribution in [-0.2, 0) is 0 Å². The molecule has 0 aromatic carbocycles. The number of aromatic amines is 1. The zero-order valence-corrected chi connectivity index (χ0v) is 9.85. The molecular weight excluding hydrogens is 218 g/mol. The molecule has 17 heavy (non-hydrogen) atoms. The summed E-state index contributed by atoms with van der Waals surface area (Å²) in [5.41, 5.74) is 5.95. The van der Waals surface area contributed by atoms with Gasteiger partial charge in [0.15, 0.2) is 0 Å². The highest BCUT2D eigenvalue weighted by Crippen LogP contribution is 2.17. The zero-order chi connectivity index (χ0) is 12.4. The molecule has 0 radical (unpaired) electrons. The van der Waals surface area contributed by atoms with E-state index in [1.54, 1.807) is 17.0 Å². The van der Waals surface area contributed by atoms with Gasteiger partial charge in [-0.15, -0.1) is 0 Å². The van der Waals surface area contributed by atoms with Gasteiger partial charge in [-0.05, 0) is 25.8 Å². The first-order chi connectivity index (χ1) is 8.08. The Kier molecular flexibility index (Phi) is 3.28. The Morgan fingerprint density at radius 1 is 1.53 bits per heavy atom. The Balaban J connectivity index is 2.18. The van der Waals surface area contributed by atoms with Crippen molar-refractivity contribution < 1.29 is 4.79 Å². The van der Waals surface area contributed by atoms with E-state index in [-0.39, 0.29) is 23.6 Å². The van der Waals surface area contributed by atoms with Gasteiger partial charge in [0.2, 0.25) is 5.56 Å². The molecule has 92 valence electrons. The second kappa shape index (κ2) is 4.71. The summed E-state index contributed by atoms with van der Waals surface area (Å²) in [7, 11) is 0. The van der Waals surface area contributed by atoms with Crippen molar-refractivity contribution in [3.8, 4) is 0 Å². The molecule has 2 heterocycles. The van der Waals surface area contributed by atoms with E-state index in [0.717, 1.165) is 12.8 Å². The van der Waals surface area contributed by atoms with E-state index in [4.69, 9.17) is 5.73 Å². The van der Waals surface area contributed by atoms with Crippen LogP contribution < -0.4 is 11.3 Å². The number of aromatic nitrogens is 1. The molecule has 2 unspecified atom stereocenters. The largest absolute Gasteiger partial charge is 0.335 e. The van der Waals surface area contributed by atoms with Crippen molar-refractivity contribution in [2.24, 2.45) is 5.73 Å². The molecule has 5 nitrogen and oxygen atoms in total. The average Bonchev–Trinajstić information content (AvgIpc) is 2.28. The minimum atomic E-state index is -0.253. The third-order valence-corrected chi connectivity index (χ3v) is 3.18. The number of nitrogens with two attached hydrogens (primary N) is 1. The van der Waals surface area contributed by atoms with Crippen LogP contribution in [0.15, 0.2) is 23.0 Å². The highest BCUT2D eigenvalue weighted by atomic mass is 16.2. The SMILES string of the molecule is CC1CC(N)CCN1C(=O)c1cccc(=O)[nH]1. The minimum Gasteiger partial charge on any atom is -0.335 e. The van der Waals surface area contributed by atoms with Crippen LogP contribution >= 0.6 is 0 Å². The lowest BCUT2D eigenvalue weighted by molar-refractivity contribution is 0.0612. The standard InChI is InChI=1S/C12H17N3O2/c1-8-7-9(13)5-6-15(8)12(17)10-3-2-4-11(16)14-10/h2-4,8-9H,5-7,13H2,1H3,(H,14,16). The number of rotatable bonds is 1. The topological polar surface area (TPSA) is 79.2 Å². The lowest BCUT2D eigenvalue weighted by Gasteiger charge is -2.36. The van der Waals surface area contributed by atoms with E-state index in [1.165, 1.54) is 6.07 Å². The molecule has 0 saturated carbocycles. The predicted octanol–water partition coefficient (Wildman–Crippen LogP) is 0.327. The summed E-state index contributed by atoms with van der Waals surface area (Å²) in [6.07, 6.45) is 1.62. The minimum absolute atomic E-state index is 0.120. The summed E-state index contributed by atoms with van der Waals surface area (Å²) in [6.45, 7) is 2.63. The quantitative estimate of drug-likeness (QED) is 0.736. The predicted molar refractivity (Wildman–Crippen MR) is 64.8 cm³/mol. The molecule has 1 aromatic heterocycles. The lowest BCUT2D eigenvalue weighted by atomic mass is 9.99. The van der Waals surface area contributed by atoms with Gasteiger partial charge in [-0.1, -0.05) is 6.07 Å². The number of pyridine rings is 1. The van der Waals surface area contributed by atoms with Crippen LogP contribution in [0.1, 0.15) is 30.3 Å². The Morgan fingerprint density at radius 2 is 2.29 bits per heavy atom. The number of carbonyl (C=O) groups is 1. The number of likely N-dealkylation sites (tertiary alicyclic amines) is 1. The number of amides is 1. The highest BCUT2D eigenvalue weighted by Gasteiger charge is 2.27. The molecule has 2 rings (SSSR count). The van der Waals surface area contributed by atoms with Gasteiger partial charge in [0.1, 0.15) is 5.69 Å². The van der Waals surface area contributed by atoms with E-state index >= 15 is 0 Å². The fraction of sp³-hybridized carbons (Fsp3) is 0.500. The molecule has 0 bridgehead atoms. The maximum Gasteiger partial charge on any atom is 0.270 e. The molecule has 1 saturated heterocycles. The Hall–Kier alpha value is -1.62. The molecule has 0 spiro atoms. The maximum absolute atomic E-state index is 12.2.